The summed E-state index contributed by atoms with van der Waals surface area (Å²) in [5.41, 5.74) is 7.02. The Morgan fingerprint density at radius 1 is 1.47 bits per heavy atom. The van der Waals surface area contributed by atoms with Gasteiger partial charge in [0.2, 0.25) is 5.91 Å². The number of benzene rings is 1. The van der Waals surface area contributed by atoms with E-state index in [-0.39, 0.29) is 24.1 Å². The first-order valence-electron chi connectivity index (χ1n) is 6.88. The van der Waals surface area contributed by atoms with Crippen LogP contribution in [0.2, 0.25) is 0 Å². The number of carbonyl (C=O) groups is 1. The van der Waals surface area contributed by atoms with Crippen LogP contribution in [0.5, 0.6) is 0 Å². The van der Waals surface area contributed by atoms with E-state index in [1.165, 1.54) is 0 Å². The first-order chi connectivity index (χ1) is 9.16. The molecule has 0 radical (unpaired) electrons. The van der Waals surface area contributed by atoms with E-state index in [0.29, 0.717) is 6.42 Å². The van der Waals surface area contributed by atoms with Crippen LogP contribution in [0.4, 0.5) is 0 Å². The average molecular weight is 262 g/mol. The molecule has 1 fully saturated rings. The van der Waals surface area contributed by atoms with Crippen LogP contribution in [0.15, 0.2) is 30.3 Å². The van der Waals surface area contributed by atoms with Crippen molar-refractivity contribution in [2.45, 2.75) is 44.4 Å². The van der Waals surface area contributed by atoms with Crippen molar-refractivity contribution in [3.05, 3.63) is 35.9 Å². The summed E-state index contributed by atoms with van der Waals surface area (Å²) < 4.78 is 5.56. The van der Waals surface area contributed by atoms with Crippen molar-refractivity contribution >= 4 is 5.91 Å². The van der Waals surface area contributed by atoms with Gasteiger partial charge in [-0.3, -0.25) is 4.79 Å². The lowest BCUT2D eigenvalue weighted by atomic mass is 10.0. The van der Waals surface area contributed by atoms with Gasteiger partial charge in [0, 0.05) is 19.1 Å². The molecule has 4 heteroatoms. The number of rotatable bonds is 5. The van der Waals surface area contributed by atoms with Crippen molar-refractivity contribution in [2.24, 2.45) is 5.73 Å². The van der Waals surface area contributed by atoms with Crippen LogP contribution in [0, 0.1) is 0 Å². The van der Waals surface area contributed by atoms with Gasteiger partial charge in [-0.2, -0.15) is 0 Å². The minimum Gasteiger partial charge on any atom is -0.376 e. The minimum atomic E-state index is -0.252. The second kappa shape index (κ2) is 6.68. The summed E-state index contributed by atoms with van der Waals surface area (Å²) in [5, 5.41) is 2.98. The number of hydrogen-bond acceptors (Lipinski definition) is 3. The number of amides is 1. The molecule has 1 saturated heterocycles. The molecule has 1 amide bonds. The molecule has 0 spiro atoms. The Bertz CT molecular complexity index is 402. The maximum Gasteiger partial charge on any atom is 0.222 e. The standard InChI is InChI=1S/C15H22N2O2/c1-11(14-8-5-9-19-14)17-15(18)10-13(16)12-6-3-2-4-7-12/h2-4,6-7,11,13-14H,5,8-10,16H2,1H3,(H,17,18)/t11-,13-,14-/m0/s1. The van der Waals surface area contributed by atoms with E-state index in [0.717, 1.165) is 25.0 Å². The molecule has 1 heterocycles. The van der Waals surface area contributed by atoms with Crippen molar-refractivity contribution in [3.8, 4) is 0 Å². The molecule has 4 nitrogen and oxygen atoms in total. The fourth-order valence-electron chi connectivity index (χ4n) is 2.42. The largest absolute Gasteiger partial charge is 0.376 e. The molecular weight excluding hydrogens is 240 g/mol. The zero-order valence-corrected chi connectivity index (χ0v) is 11.3. The van der Waals surface area contributed by atoms with E-state index < -0.39 is 0 Å². The highest BCUT2D eigenvalue weighted by Crippen LogP contribution is 2.17. The minimum absolute atomic E-state index is 0.0145. The SMILES string of the molecule is C[C@H](NC(=O)C[C@H](N)c1ccccc1)[C@@H]1CCCO1. The molecule has 0 saturated carbocycles. The van der Waals surface area contributed by atoms with Crippen LogP contribution in [0.25, 0.3) is 0 Å². The number of carbonyl (C=O) groups excluding carboxylic acids is 1. The summed E-state index contributed by atoms with van der Waals surface area (Å²) in [6, 6.07) is 9.50. The fourth-order valence-corrected chi connectivity index (χ4v) is 2.42. The predicted octanol–water partition coefficient (Wildman–Crippen LogP) is 1.76. The van der Waals surface area contributed by atoms with E-state index in [9.17, 15) is 4.79 Å². The van der Waals surface area contributed by atoms with Crippen molar-refractivity contribution < 1.29 is 9.53 Å². The maximum absolute atomic E-state index is 11.9. The van der Waals surface area contributed by atoms with Crippen LogP contribution in [0.3, 0.4) is 0 Å². The molecule has 104 valence electrons. The quantitative estimate of drug-likeness (QED) is 0.850. The topological polar surface area (TPSA) is 64.4 Å². The summed E-state index contributed by atoms with van der Waals surface area (Å²) >= 11 is 0. The van der Waals surface area contributed by atoms with E-state index in [1.54, 1.807) is 0 Å². The lowest BCUT2D eigenvalue weighted by molar-refractivity contribution is -0.122. The molecule has 0 unspecified atom stereocenters. The van der Waals surface area contributed by atoms with Gasteiger partial charge in [-0.05, 0) is 25.3 Å². The van der Waals surface area contributed by atoms with Gasteiger partial charge < -0.3 is 15.8 Å². The maximum atomic E-state index is 11.9. The van der Waals surface area contributed by atoms with Crippen LogP contribution in [-0.4, -0.2) is 24.7 Å². The van der Waals surface area contributed by atoms with Gasteiger partial charge in [-0.15, -0.1) is 0 Å². The third kappa shape index (κ3) is 4.04. The molecule has 0 bridgehead atoms. The summed E-state index contributed by atoms with van der Waals surface area (Å²) in [5.74, 6) is -0.0145. The molecule has 1 aromatic carbocycles. The van der Waals surface area contributed by atoms with Crippen LogP contribution in [-0.2, 0) is 9.53 Å². The van der Waals surface area contributed by atoms with E-state index >= 15 is 0 Å². The van der Waals surface area contributed by atoms with E-state index in [4.69, 9.17) is 10.5 Å². The van der Waals surface area contributed by atoms with Crippen molar-refractivity contribution in [1.29, 1.82) is 0 Å². The Hall–Kier alpha value is -1.39. The van der Waals surface area contributed by atoms with Gasteiger partial charge >= 0.3 is 0 Å². The highest BCUT2D eigenvalue weighted by atomic mass is 16.5. The average Bonchev–Trinajstić information content (AvgIpc) is 2.93. The number of hydrogen-bond donors (Lipinski definition) is 2. The fraction of sp³-hybridized carbons (Fsp3) is 0.533. The Morgan fingerprint density at radius 3 is 2.84 bits per heavy atom. The molecule has 0 aliphatic carbocycles. The number of nitrogens with two attached hydrogens (primary N) is 1. The highest BCUT2D eigenvalue weighted by Gasteiger charge is 2.24. The predicted molar refractivity (Wildman–Crippen MR) is 74.6 cm³/mol. The normalized spacial score (nSPS) is 21.9. The molecule has 1 aromatic rings. The Morgan fingerprint density at radius 2 is 2.21 bits per heavy atom. The number of nitrogens with one attached hydrogen (secondary N) is 1. The third-order valence-electron chi connectivity index (χ3n) is 3.54. The summed E-state index contributed by atoms with van der Waals surface area (Å²) in [6.45, 7) is 2.79. The molecule has 2 rings (SSSR count). The number of ether oxygens (including phenoxy) is 1. The molecule has 0 aromatic heterocycles. The molecule has 3 N–H and O–H groups in total. The van der Waals surface area contributed by atoms with Gasteiger partial charge in [-0.1, -0.05) is 30.3 Å². The summed E-state index contributed by atoms with van der Waals surface area (Å²) in [4.78, 5) is 11.9. The lowest BCUT2D eigenvalue weighted by Gasteiger charge is -2.21. The second-order valence-electron chi connectivity index (χ2n) is 5.13. The Kier molecular flexibility index (Phi) is 4.93. The smallest absolute Gasteiger partial charge is 0.222 e. The Labute approximate surface area is 114 Å². The highest BCUT2D eigenvalue weighted by molar-refractivity contribution is 5.77. The molecule has 1 aliphatic rings. The van der Waals surface area contributed by atoms with Crippen LogP contribution < -0.4 is 11.1 Å². The van der Waals surface area contributed by atoms with Gasteiger partial charge in [0.1, 0.15) is 0 Å². The van der Waals surface area contributed by atoms with Crippen LogP contribution >= 0.6 is 0 Å². The monoisotopic (exact) mass is 262 g/mol. The summed E-state index contributed by atoms with van der Waals surface area (Å²) in [6.07, 6.45) is 2.55. The molecular formula is C15H22N2O2. The molecule has 3 atom stereocenters. The van der Waals surface area contributed by atoms with E-state index in [2.05, 4.69) is 5.32 Å². The molecule has 1 aliphatic heterocycles. The van der Waals surface area contributed by atoms with Crippen LogP contribution in [0.1, 0.15) is 37.8 Å². The van der Waals surface area contributed by atoms with Crippen molar-refractivity contribution in [2.75, 3.05) is 6.61 Å². The zero-order valence-electron chi connectivity index (χ0n) is 11.3. The summed E-state index contributed by atoms with van der Waals surface area (Å²) in [7, 11) is 0. The van der Waals surface area contributed by atoms with Gasteiger partial charge in [0.05, 0.1) is 12.1 Å². The third-order valence-corrected chi connectivity index (χ3v) is 3.54. The zero-order chi connectivity index (χ0) is 13.7. The second-order valence-corrected chi connectivity index (χ2v) is 5.13. The first-order valence-corrected chi connectivity index (χ1v) is 6.88. The van der Waals surface area contributed by atoms with Gasteiger partial charge in [-0.25, -0.2) is 0 Å². The van der Waals surface area contributed by atoms with Crippen molar-refractivity contribution in [3.63, 3.8) is 0 Å². The van der Waals surface area contributed by atoms with Gasteiger partial charge in [0.15, 0.2) is 0 Å². The van der Waals surface area contributed by atoms with Crippen molar-refractivity contribution in [1.82, 2.24) is 5.32 Å². The lowest BCUT2D eigenvalue weighted by Crippen LogP contribution is -2.41. The molecule has 19 heavy (non-hydrogen) atoms. The van der Waals surface area contributed by atoms with E-state index in [1.807, 2.05) is 37.3 Å². The first kappa shape index (κ1) is 14.0. The van der Waals surface area contributed by atoms with Gasteiger partial charge in [0.25, 0.3) is 0 Å². The Balaban J connectivity index is 1.80.